The minimum Gasteiger partial charge on any atom is -0.465 e. The highest BCUT2D eigenvalue weighted by atomic mass is 16.4. The molecule has 0 saturated heterocycles. The summed E-state index contributed by atoms with van der Waals surface area (Å²) in [6.45, 7) is 0.162. The normalized spacial score (nSPS) is 9.20. The number of oxazole rings is 1. The Kier molecular flexibility index (Phi) is 1.89. The molecule has 0 aromatic carbocycles. The van der Waals surface area contributed by atoms with Crippen LogP contribution in [0.4, 0.5) is 4.79 Å². The molecule has 2 N–H and O–H groups in total. The van der Waals surface area contributed by atoms with Crippen LogP contribution in [-0.2, 0) is 6.54 Å². The lowest BCUT2D eigenvalue weighted by Crippen LogP contribution is -2.19. The Bertz CT molecular complexity index is 207. The maximum absolute atomic E-state index is 9.92. The van der Waals surface area contributed by atoms with Crippen LogP contribution in [0.1, 0.15) is 5.76 Å². The number of nitrogens with zero attached hydrogens (tertiary/aromatic N) is 1. The van der Waals surface area contributed by atoms with Gasteiger partial charge in [0.25, 0.3) is 0 Å². The zero-order valence-electron chi connectivity index (χ0n) is 5.07. The average molecular weight is 142 g/mol. The van der Waals surface area contributed by atoms with Crippen molar-refractivity contribution in [2.24, 2.45) is 0 Å². The highest BCUT2D eigenvalue weighted by Crippen LogP contribution is 1.93. The summed E-state index contributed by atoms with van der Waals surface area (Å²) in [5, 5.41) is 10.3. The number of aromatic nitrogens is 1. The molecule has 0 spiro atoms. The summed E-state index contributed by atoms with van der Waals surface area (Å²) in [6, 6.07) is 0. The Balaban J connectivity index is 2.35. The van der Waals surface area contributed by atoms with Crippen molar-refractivity contribution in [3.63, 3.8) is 0 Å². The first-order chi connectivity index (χ1) is 4.79. The molecular formula is C5H6N2O3. The van der Waals surface area contributed by atoms with Gasteiger partial charge in [-0.1, -0.05) is 0 Å². The van der Waals surface area contributed by atoms with Crippen LogP contribution in [0, 0.1) is 0 Å². The van der Waals surface area contributed by atoms with Gasteiger partial charge >= 0.3 is 6.09 Å². The number of amides is 1. The van der Waals surface area contributed by atoms with Gasteiger partial charge in [0, 0.05) is 0 Å². The van der Waals surface area contributed by atoms with Crippen molar-refractivity contribution >= 4 is 6.09 Å². The standard InChI is InChI=1S/C5H6N2O3/c8-5(9)7-2-4-1-6-3-10-4/h1,3,7H,2H2,(H,8,9). The van der Waals surface area contributed by atoms with Crippen LogP contribution in [0.15, 0.2) is 17.0 Å². The van der Waals surface area contributed by atoms with Crippen LogP contribution in [0.5, 0.6) is 0 Å². The van der Waals surface area contributed by atoms with Gasteiger partial charge in [-0.05, 0) is 0 Å². The lowest BCUT2D eigenvalue weighted by atomic mass is 10.5. The second-order valence-corrected chi connectivity index (χ2v) is 1.63. The first kappa shape index (κ1) is 6.60. The highest BCUT2D eigenvalue weighted by molar-refractivity contribution is 5.64. The molecule has 1 amide bonds. The third-order valence-electron chi connectivity index (χ3n) is 0.897. The summed E-state index contributed by atoms with van der Waals surface area (Å²) in [5.41, 5.74) is 0. The van der Waals surface area contributed by atoms with Gasteiger partial charge in [0.15, 0.2) is 6.39 Å². The van der Waals surface area contributed by atoms with Crippen molar-refractivity contribution < 1.29 is 14.3 Å². The van der Waals surface area contributed by atoms with E-state index in [-0.39, 0.29) is 6.54 Å². The zero-order valence-corrected chi connectivity index (χ0v) is 5.07. The highest BCUT2D eigenvalue weighted by Gasteiger charge is 1.97. The van der Waals surface area contributed by atoms with E-state index in [2.05, 4.69) is 10.3 Å². The van der Waals surface area contributed by atoms with Crippen molar-refractivity contribution in [2.75, 3.05) is 0 Å². The van der Waals surface area contributed by atoms with Crippen molar-refractivity contribution in [1.82, 2.24) is 10.3 Å². The van der Waals surface area contributed by atoms with Gasteiger partial charge in [-0.3, -0.25) is 0 Å². The maximum Gasteiger partial charge on any atom is 0.405 e. The molecule has 0 radical (unpaired) electrons. The molecule has 0 unspecified atom stereocenters. The molecule has 0 saturated carbocycles. The molecule has 5 heteroatoms. The Labute approximate surface area is 56.7 Å². The molecule has 0 bridgehead atoms. The van der Waals surface area contributed by atoms with Gasteiger partial charge in [0.05, 0.1) is 12.7 Å². The van der Waals surface area contributed by atoms with Crippen molar-refractivity contribution in [3.8, 4) is 0 Å². The quantitative estimate of drug-likeness (QED) is 0.628. The van der Waals surface area contributed by atoms with Crippen LogP contribution in [0.3, 0.4) is 0 Å². The Hall–Kier alpha value is -1.52. The topological polar surface area (TPSA) is 75.4 Å². The van der Waals surface area contributed by atoms with Gasteiger partial charge in [-0.25, -0.2) is 9.78 Å². The molecule has 1 aromatic rings. The monoisotopic (exact) mass is 142 g/mol. The first-order valence-electron chi connectivity index (χ1n) is 2.63. The third-order valence-corrected chi connectivity index (χ3v) is 0.897. The minimum atomic E-state index is -1.07. The van der Waals surface area contributed by atoms with E-state index in [1.807, 2.05) is 0 Å². The van der Waals surface area contributed by atoms with Gasteiger partial charge < -0.3 is 14.8 Å². The molecule has 1 aromatic heterocycles. The molecule has 5 nitrogen and oxygen atoms in total. The maximum atomic E-state index is 9.92. The molecule has 0 aliphatic heterocycles. The van der Waals surface area contributed by atoms with E-state index < -0.39 is 6.09 Å². The van der Waals surface area contributed by atoms with E-state index in [1.54, 1.807) is 0 Å². The van der Waals surface area contributed by atoms with Crippen LogP contribution in [-0.4, -0.2) is 16.2 Å². The van der Waals surface area contributed by atoms with Gasteiger partial charge in [-0.2, -0.15) is 0 Å². The summed E-state index contributed by atoms with van der Waals surface area (Å²) in [7, 11) is 0. The molecule has 0 atom stereocenters. The second-order valence-electron chi connectivity index (χ2n) is 1.63. The molecule has 0 aliphatic rings. The molecule has 10 heavy (non-hydrogen) atoms. The van der Waals surface area contributed by atoms with E-state index >= 15 is 0 Å². The van der Waals surface area contributed by atoms with E-state index in [9.17, 15) is 4.79 Å². The SMILES string of the molecule is O=C(O)NCc1cnco1. The summed E-state index contributed by atoms with van der Waals surface area (Å²) < 4.78 is 4.75. The fraction of sp³-hybridized carbons (Fsp3) is 0.200. The summed E-state index contributed by atoms with van der Waals surface area (Å²) in [4.78, 5) is 13.5. The number of hydrogen-bond acceptors (Lipinski definition) is 3. The smallest absolute Gasteiger partial charge is 0.405 e. The molecule has 0 fully saturated rings. The van der Waals surface area contributed by atoms with Crippen molar-refractivity contribution in [2.45, 2.75) is 6.54 Å². The molecule has 1 rings (SSSR count). The van der Waals surface area contributed by atoms with Crippen LogP contribution in [0.2, 0.25) is 0 Å². The zero-order chi connectivity index (χ0) is 7.40. The van der Waals surface area contributed by atoms with E-state index in [4.69, 9.17) is 9.52 Å². The van der Waals surface area contributed by atoms with E-state index in [0.29, 0.717) is 5.76 Å². The molecular weight excluding hydrogens is 136 g/mol. The van der Waals surface area contributed by atoms with Gasteiger partial charge in [-0.15, -0.1) is 0 Å². The summed E-state index contributed by atoms with van der Waals surface area (Å²) in [6.07, 6.45) is 1.63. The van der Waals surface area contributed by atoms with E-state index in [0.717, 1.165) is 0 Å². The predicted molar refractivity (Wildman–Crippen MR) is 31.4 cm³/mol. The lowest BCUT2D eigenvalue weighted by Gasteiger charge is -1.93. The number of nitrogens with one attached hydrogen (secondary N) is 1. The molecule has 1 heterocycles. The minimum absolute atomic E-state index is 0.162. The fourth-order valence-corrected chi connectivity index (χ4v) is 0.492. The van der Waals surface area contributed by atoms with Crippen LogP contribution < -0.4 is 5.32 Å². The number of hydrogen-bond donors (Lipinski definition) is 2. The summed E-state index contributed by atoms with van der Waals surface area (Å²) in [5.74, 6) is 0.502. The fourth-order valence-electron chi connectivity index (χ4n) is 0.492. The van der Waals surface area contributed by atoms with Gasteiger partial charge in [0.2, 0.25) is 0 Å². The first-order valence-corrected chi connectivity index (χ1v) is 2.63. The Morgan fingerprint density at radius 2 is 2.70 bits per heavy atom. The largest absolute Gasteiger partial charge is 0.465 e. The Morgan fingerprint density at radius 3 is 3.20 bits per heavy atom. The average Bonchev–Trinajstić information content (AvgIpc) is 2.34. The third kappa shape index (κ3) is 1.77. The van der Waals surface area contributed by atoms with E-state index in [1.165, 1.54) is 12.6 Å². The number of rotatable bonds is 2. The van der Waals surface area contributed by atoms with Gasteiger partial charge in [0.1, 0.15) is 5.76 Å². The molecule has 0 aliphatic carbocycles. The van der Waals surface area contributed by atoms with Crippen LogP contribution >= 0.6 is 0 Å². The van der Waals surface area contributed by atoms with Crippen LogP contribution in [0.25, 0.3) is 0 Å². The second kappa shape index (κ2) is 2.86. The Morgan fingerprint density at radius 1 is 1.90 bits per heavy atom. The lowest BCUT2D eigenvalue weighted by molar-refractivity contribution is 0.193. The van der Waals surface area contributed by atoms with Crippen molar-refractivity contribution in [3.05, 3.63) is 18.4 Å². The number of carbonyl (C=O) groups is 1. The number of carboxylic acid groups (broad SMARTS) is 1. The predicted octanol–water partition coefficient (Wildman–Crippen LogP) is 0.442. The van der Waals surface area contributed by atoms with Crippen molar-refractivity contribution in [1.29, 1.82) is 0 Å². The summed E-state index contributed by atoms with van der Waals surface area (Å²) >= 11 is 0. The molecule has 54 valence electrons.